The normalized spacial score (nSPS) is 10.7. The van der Waals surface area contributed by atoms with E-state index in [4.69, 9.17) is 13.9 Å². The Balaban J connectivity index is 2.01. The van der Waals surface area contributed by atoms with E-state index in [1.54, 1.807) is 14.2 Å². The van der Waals surface area contributed by atoms with Crippen molar-refractivity contribution in [2.75, 3.05) is 14.2 Å². The summed E-state index contributed by atoms with van der Waals surface area (Å²) in [6.07, 6.45) is 0. The summed E-state index contributed by atoms with van der Waals surface area (Å²) in [5.74, 6) is 2.24. The zero-order chi connectivity index (χ0) is 17.3. The van der Waals surface area contributed by atoms with E-state index < -0.39 is 0 Å². The lowest BCUT2D eigenvalue weighted by Crippen LogP contribution is -1.90. The molecule has 1 heterocycles. The molecule has 0 saturated heterocycles. The van der Waals surface area contributed by atoms with Crippen molar-refractivity contribution in [3.63, 3.8) is 0 Å². The molecule has 0 N–H and O–H groups in total. The third kappa shape index (κ3) is 2.85. The number of aryl methyl sites for hydroxylation is 3. The van der Waals surface area contributed by atoms with Gasteiger partial charge in [-0.05, 0) is 61.7 Å². The van der Waals surface area contributed by atoms with Crippen LogP contribution in [-0.4, -0.2) is 24.4 Å². The highest BCUT2D eigenvalue weighted by Gasteiger charge is 2.15. The zero-order valence-electron chi connectivity index (χ0n) is 14.5. The molecule has 0 aliphatic heterocycles. The van der Waals surface area contributed by atoms with Crippen LogP contribution in [0.4, 0.5) is 0 Å². The predicted octanol–water partition coefficient (Wildman–Crippen LogP) is 4.35. The van der Waals surface area contributed by atoms with Gasteiger partial charge >= 0.3 is 0 Å². The third-order valence-electron chi connectivity index (χ3n) is 4.13. The van der Waals surface area contributed by atoms with Crippen molar-refractivity contribution in [3.8, 4) is 34.4 Å². The first-order valence-corrected chi connectivity index (χ1v) is 7.67. The van der Waals surface area contributed by atoms with Gasteiger partial charge in [0.15, 0.2) is 11.5 Å². The molecule has 3 aromatic rings. The fourth-order valence-corrected chi connectivity index (χ4v) is 2.61. The first-order chi connectivity index (χ1) is 11.5. The number of ether oxygens (including phenoxy) is 2. The molecule has 3 rings (SSSR count). The molecular formula is C19H20N2O3. The van der Waals surface area contributed by atoms with Crippen LogP contribution in [0.5, 0.6) is 11.5 Å². The van der Waals surface area contributed by atoms with E-state index in [0.717, 1.165) is 16.7 Å². The van der Waals surface area contributed by atoms with Gasteiger partial charge in [-0.15, -0.1) is 10.2 Å². The van der Waals surface area contributed by atoms with Gasteiger partial charge in [0, 0.05) is 11.1 Å². The minimum Gasteiger partial charge on any atom is -0.493 e. The maximum atomic E-state index is 5.89. The van der Waals surface area contributed by atoms with E-state index in [-0.39, 0.29) is 0 Å². The van der Waals surface area contributed by atoms with Gasteiger partial charge in [0.05, 0.1) is 14.2 Å². The molecule has 0 fully saturated rings. The highest BCUT2D eigenvalue weighted by molar-refractivity contribution is 5.64. The van der Waals surface area contributed by atoms with Crippen LogP contribution in [0.2, 0.25) is 0 Å². The zero-order valence-corrected chi connectivity index (χ0v) is 14.5. The molecule has 5 heteroatoms. The van der Waals surface area contributed by atoms with E-state index in [1.807, 2.05) is 25.1 Å². The smallest absolute Gasteiger partial charge is 0.248 e. The second-order valence-electron chi connectivity index (χ2n) is 5.73. The van der Waals surface area contributed by atoms with Crippen LogP contribution in [0.15, 0.2) is 34.7 Å². The van der Waals surface area contributed by atoms with Crippen LogP contribution in [0.1, 0.15) is 16.7 Å². The van der Waals surface area contributed by atoms with E-state index in [2.05, 4.69) is 36.2 Å². The highest BCUT2D eigenvalue weighted by Crippen LogP contribution is 2.33. The minimum atomic E-state index is 0.448. The summed E-state index contributed by atoms with van der Waals surface area (Å²) in [6.45, 7) is 6.21. The lowest BCUT2D eigenvalue weighted by atomic mass is 10.0. The predicted molar refractivity (Wildman–Crippen MR) is 92.5 cm³/mol. The molecule has 0 aliphatic rings. The van der Waals surface area contributed by atoms with Gasteiger partial charge in [0.1, 0.15) is 0 Å². The van der Waals surface area contributed by atoms with E-state index >= 15 is 0 Å². The molecule has 124 valence electrons. The Kier molecular flexibility index (Phi) is 4.25. The number of hydrogen-bond acceptors (Lipinski definition) is 5. The summed E-state index contributed by atoms with van der Waals surface area (Å²) in [4.78, 5) is 0. The Labute approximate surface area is 141 Å². The number of nitrogens with zero attached hydrogens (tertiary/aromatic N) is 2. The lowest BCUT2D eigenvalue weighted by molar-refractivity contribution is 0.355. The standard InChI is InChI=1S/C19H20N2O3/c1-11-8-13(3)15(9-12(11)2)19-21-20-18(24-19)14-6-7-16(22-4)17(10-14)23-5/h6-10H,1-5H3. The van der Waals surface area contributed by atoms with Crippen LogP contribution in [0.3, 0.4) is 0 Å². The molecule has 0 atom stereocenters. The number of rotatable bonds is 4. The fourth-order valence-electron chi connectivity index (χ4n) is 2.61. The lowest BCUT2D eigenvalue weighted by Gasteiger charge is -2.08. The number of benzene rings is 2. The molecule has 1 aromatic heterocycles. The van der Waals surface area contributed by atoms with Gasteiger partial charge in [0.25, 0.3) is 0 Å². The molecule has 5 nitrogen and oxygen atoms in total. The fraction of sp³-hybridized carbons (Fsp3) is 0.263. The van der Waals surface area contributed by atoms with Gasteiger partial charge in [-0.2, -0.15) is 0 Å². The van der Waals surface area contributed by atoms with Crippen LogP contribution < -0.4 is 9.47 Å². The first-order valence-electron chi connectivity index (χ1n) is 7.67. The average molecular weight is 324 g/mol. The van der Waals surface area contributed by atoms with Crippen LogP contribution >= 0.6 is 0 Å². The molecule has 0 saturated carbocycles. The van der Waals surface area contributed by atoms with Crippen molar-refractivity contribution < 1.29 is 13.9 Å². The summed E-state index contributed by atoms with van der Waals surface area (Å²) >= 11 is 0. The quantitative estimate of drug-likeness (QED) is 0.714. The van der Waals surface area contributed by atoms with Crippen molar-refractivity contribution in [2.45, 2.75) is 20.8 Å². The Morgan fingerprint density at radius 1 is 0.750 bits per heavy atom. The molecule has 0 spiro atoms. The topological polar surface area (TPSA) is 57.4 Å². The number of hydrogen-bond donors (Lipinski definition) is 0. The molecule has 0 amide bonds. The van der Waals surface area contributed by atoms with Gasteiger partial charge in [-0.3, -0.25) is 0 Å². The second-order valence-corrected chi connectivity index (χ2v) is 5.73. The Morgan fingerprint density at radius 2 is 1.42 bits per heavy atom. The first kappa shape index (κ1) is 16.1. The summed E-state index contributed by atoms with van der Waals surface area (Å²) in [6, 6.07) is 9.72. The molecule has 0 radical (unpaired) electrons. The molecular weight excluding hydrogens is 304 g/mol. The summed E-state index contributed by atoms with van der Waals surface area (Å²) in [5, 5.41) is 8.38. The van der Waals surface area contributed by atoms with Crippen molar-refractivity contribution in [3.05, 3.63) is 47.0 Å². The van der Waals surface area contributed by atoms with E-state index in [1.165, 1.54) is 11.1 Å². The molecule has 0 aliphatic carbocycles. The molecule has 2 aromatic carbocycles. The summed E-state index contributed by atoms with van der Waals surface area (Å²) in [7, 11) is 3.20. The minimum absolute atomic E-state index is 0.448. The monoisotopic (exact) mass is 324 g/mol. The largest absolute Gasteiger partial charge is 0.493 e. The Bertz CT molecular complexity index is 884. The van der Waals surface area contributed by atoms with E-state index in [9.17, 15) is 0 Å². The summed E-state index contributed by atoms with van der Waals surface area (Å²) in [5.41, 5.74) is 5.29. The molecule has 0 unspecified atom stereocenters. The SMILES string of the molecule is COc1ccc(-c2nnc(-c3cc(C)c(C)cc3C)o2)cc1OC. The van der Waals surface area contributed by atoms with Gasteiger partial charge in [0.2, 0.25) is 11.8 Å². The second kappa shape index (κ2) is 6.35. The van der Waals surface area contributed by atoms with Crippen molar-refractivity contribution in [2.24, 2.45) is 0 Å². The van der Waals surface area contributed by atoms with Gasteiger partial charge in [-0.1, -0.05) is 6.07 Å². The van der Waals surface area contributed by atoms with Crippen molar-refractivity contribution >= 4 is 0 Å². The average Bonchev–Trinajstić information content (AvgIpc) is 3.07. The maximum absolute atomic E-state index is 5.89. The number of methoxy groups -OCH3 is 2. The molecule has 0 bridgehead atoms. The summed E-state index contributed by atoms with van der Waals surface area (Å²) < 4.78 is 16.5. The van der Waals surface area contributed by atoms with Gasteiger partial charge < -0.3 is 13.9 Å². The van der Waals surface area contributed by atoms with Crippen LogP contribution in [0, 0.1) is 20.8 Å². The Hall–Kier alpha value is -2.82. The van der Waals surface area contributed by atoms with Gasteiger partial charge in [-0.25, -0.2) is 0 Å². The van der Waals surface area contributed by atoms with Crippen LogP contribution in [-0.2, 0) is 0 Å². The highest BCUT2D eigenvalue weighted by atomic mass is 16.5. The third-order valence-corrected chi connectivity index (χ3v) is 4.13. The van der Waals surface area contributed by atoms with E-state index in [0.29, 0.717) is 23.3 Å². The number of aromatic nitrogens is 2. The van der Waals surface area contributed by atoms with Crippen LogP contribution in [0.25, 0.3) is 22.9 Å². The Morgan fingerprint density at radius 3 is 2.12 bits per heavy atom. The maximum Gasteiger partial charge on any atom is 0.248 e. The van der Waals surface area contributed by atoms with Crippen molar-refractivity contribution in [1.82, 2.24) is 10.2 Å². The molecule has 24 heavy (non-hydrogen) atoms. The van der Waals surface area contributed by atoms with Crippen molar-refractivity contribution in [1.29, 1.82) is 0 Å².